The van der Waals surface area contributed by atoms with Crippen molar-refractivity contribution < 1.29 is 0 Å². The fourth-order valence-corrected chi connectivity index (χ4v) is 2.77. The summed E-state index contributed by atoms with van der Waals surface area (Å²) in [6, 6.07) is 12.4. The van der Waals surface area contributed by atoms with Crippen LogP contribution in [-0.4, -0.2) is 14.6 Å². The average Bonchev–Trinajstić information content (AvgIpc) is 2.86. The fraction of sp³-hybridized carbons (Fsp3) is 0.400. The smallest absolute Gasteiger partial charge is 0.0648 e. The molecule has 2 aromatic rings. The fourth-order valence-electron chi connectivity index (χ4n) is 2.08. The second-order valence-corrected chi connectivity index (χ2v) is 5.79. The number of hydrogen-bond donors (Lipinski definition) is 0. The third-order valence-corrected chi connectivity index (χ3v) is 3.95. The first-order valence-electron chi connectivity index (χ1n) is 6.53. The van der Waals surface area contributed by atoms with Crippen LogP contribution in [-0.2, 0) is 6.42 Å². The van der Waals surface area contributed by atoms with E-state index in [2.05, 4.69) is 46.2 Å². The Hall–Kier alpha value is -1.09. The van der Waals surface area contributed by atoms with Gasteiger partial charge in [-0.1, -0.05) is 47.5 Å². The van der Waals surface area contributed by atoms with E-state index >= 15 is 0 Å². The van der Waals surface area contributed by atoms with Gasteiger partial charge in [-0.25, -0.2) is 4.68 Å². The Bertz CT molecular complexity index is 464. The largest absolute Gasteiger partial charge is 0.238 e. The first-order valence-corrected chi connectivity index (χ1v) is 7.45. The van der Waals surface area contributed by atoms with Crippen molar-refractivity contribution in [2.75, 3.05) is 0 Å². The molecule has 2 rings (SSSR count). The highest BCUT2D eigenvalue weighted by Gasteiger charge is 2.08. The van der Waals surface area contributed by atoms with Crippen molar-refractivity contribution in [3.05, 3.63) is 48.3 Å². The van der Waals surface area contributed by atoms with Gasteiger partial charge < -0.3 is 0 Å². The minimum absolute atomic E-state index is 0.613. The first kappa shape index (κ1) is 13.3. The number of hydrogen-bond acceptors (Lipinski definition) is 1. The summed E-state index contributed by atoms with van der Waals surface area (Å²) in [4.78, 5) is 0.613. The predicted octanol–water partition coefficient (Wildman–Crippen LogP) is 4.37. The monoisotopic (exact) mass is 306 g/mol. The number of halogens is 1. The Morgan fingerprint density at radius 2 is 1.94 bits per heavy atom. The van der Waals surface area contributed by atoms with Crippen LogP contribution in [0.15, 0.2) is 42.6 Å². The molecule has 0 spiro atoms. The van der Waals surface area contributed by atoms with E-state index in [9.17, 15) is 0 Å². The van der Waals surface area contributed by atoms with E-state index < -0.39 is 0 Å². The Kier molecular flexibility index (Phi) is 5.00. The summed E-state index contributed by atoms with van der Waals surface area (Å²) in [5, 5.41) is 4.41. The maximum atomic E-state index is 4.41. The molecule has 1 aromatic carbocycles. The molecule has 96 valence electrons. The van der Waals surface area contributed by atoms with Crippen LogP contribution in [0.1, 0.15) is 31.9 Å². The lowest BCUT2D eigenvalue weighted by atomic mass is 10.1. The molecule has 0 saturated carbocycles. The van der Waals surface area contributed by atoms with Crippen molar-refractivity contribution in [1.29, 1.82) is 0 Å². The molecule has 0 fully saturated rings. The summed E-state index contributed by atoms with van der Waals surface area (Å²) < 4.78 is 2.03. The Morgan fingerprint density at radius 1 is 1.17 bits per heavy atom. The summed E-state index contributed by atoms with van der Waals surface area (Å²) in [7, 11) is 0. The first-order chi connectivity index (χ1) is 8.81. The zero-order valence-corrected chi connectivity index (χ0v) is 12.3. The summed E-state index contributed by atoms with van der Waals surface area (Å²) >= 11 is 3.73. The van der Waals surface area contributed by atoms with E-state index in [0.717, 1.165) is 18.5 Å². The van der Waals surface area contributed by atoms with Crippen molar-refractivity contribution >= 4 is 15.9 Å². The molecule has 0 aliphatic rings. The molecular weight excluding hydrogens is 288 g/mol. The van der Waals surface area contributed by atoms with E-state index in [1.165, 1.54) is 18.5 Å². The van der Waals surface area contributed by atoms with Gasteiger partial charge in [-0.2, -0.15) is 5.10 Å². The van der Waals surface area contributed by atoms with Crippen LogP contribution in [0.25, 0.3) is 5.69 Å². The molecule has 1 unspecified atom stereocenters. The number of nitrogens with zero attached hydrogens (tertiary/aromatic N) is 2. The molecule has 0 aliphatic carbocycles. The summed E-state index contributed by atoms with van der Waals surface area (Å²) in [6.45, 7) is 2.22. The Labute approximate surface area is 117 Å². The molecule has 0 saturated heterocycles. The summed E-state index contributed by atoms with van der Waals surface area (Å²) in [5.74, 6) is 0. The molecule has 2 nitrogen and oxygen atoms in total. The highest BCUT2D eigenvalue weighted by atomic mass is 79.9. The lowest BCUT2D eigenvalue weighted by Gasteiger charge is -2.10. The molecule has 18 heavy (non-hydrogen) atoms. The SMILES string of the molecule is CCCC(Br)CCc1ccnn1-c1ccccc1. The van der Waals surface area contributed by atoms with E-state index in [1.54, 1.807) is 0 Å². The Morgan fingerprint density at radius 3 is 2.67 bits per heavy atom. The van der Waals surface area contributed by atoms with Crippen LogP contribution in [0.3, 0.4) is 0 Å². The van der Waals surface area contributed by atoms with Crippen LogP contribution in [0, 0.1) is 0 Å². The third-order valence-electron chi connectivity index (χ3n) is 3.04. The zero-order chi connectivity index (χ0) is 12.8. The van der Waals surface area contributed by atoms with E-state index in [1.807, 2.05) is 29.1 Å². The van der Waals surface area contributed by atoms with E-state index in [-0.39, 0.29) is 0 Å². The summed E-state index contributed by atoms with van der Waals surface area (Å²) in [5.41, 5.74) is 2.42. The van der Waals surface area contributed by atoms with Crippen molar-refractivity contribution in [1.82, 2.24) is 9.78 Å². The molecule has 3 heteroatoms. The quantitative estimate of drug-likeness (QED) is 0.725. The second-order valence-electron chi connectivity index (χ2n) is 4.49. The van der Waals surface area contributed by atoms with Crippen LogP contribution in [0.5, 0.6) is 0 Å². The number of aryl methyl sites for hydroxylation is 1. The van der Waals surface area contributed by atoms with Gasteiger partial charge in [-0.05, 0) is 37.5 Å². The molecule has 0 amide bonds. The Balaban J connectivity index is 2.05. The van der Waals surface area contributed by atoms with Gasteiger partial charge in [-0.3, -0.25) is 0 Å². The van der Waals surface area contributed by atoms with Crippen molar-refractivity contribution in [3.8, 4) is 5.69 Å². The van der Waals surface area contributed by atoms with Gasteiger partial charge in [0.05, 0.1) is 5.69 Å². The normalized spacial score (nSPS) is 12.6. The third kappa shape index (κ3) is 3.45. The highest BCUT2D eigenvalue weighted by Crippen LogP contribution is 2.17. The number of aromatic nitrogens is 2. The molecule has 1 heterocycles. The second kappa shape index (κ2) is 6.74. The lowest BCUT2D eigenvalue weighted by molar-refractivity contribution is 0.670. The predicted molar refractivity (Wildman–Crippen MR) is 79.5 cm³/mol. The van der Waals surface area contributed by atoms with Gasteiger partial charge in [0, 0.05) is 16.7 Å². The lowest BCUT2D eigenvalue weighted by Crippen LogP contribution is -2.05. The van der Waals surface area contributed by atoms with Crippen LogP contribution >= 0.6 is 15.9 Å². The molecule has 1 aromatic heterocycles. The van der Waals surface area contributed by atoms with Gasteiger partial charge in [-0.15, -0.1) is 0 Å². The van der Waals surface area contributed by atoms with Gasteiger partial charge >= 0.3 is 0 Å². The number of alkyl halides is 1. The van der Waals surface area contributed by atoms with Crippen LogP contribution in [0.4, 0.5) is 0 Å². The minimum atomic E-state index is 0.613. The molecular formula is C15H19BrN2. The minimum Gasteiger partial charge on any atom is -0.238 e. The van der Waals surface area contributed by atoms with Crippen LogP contribution < -0.4 is 0 Å². The molecule has 0 radical (unpaired) electrons. The number of benzene rings is 1. The standard InChI is InChI=1S/C15H19BrN2/c1-2-6-13(16)9-10-15-11-12-17-18(15)14-7-4-3-5-8-14/h3-5,7-8,11-13H,2,6,9-10H2,1H3. The van der Waals surface area contributed by atoms with Gasteiger partial charge in [0.1, 0.15) is 0 Å². The highest BCUT2D eigenvalue weighted by molar-refractivity contribution is 9.09. The van der Waals surface area contributed by atoms with Gasteiger partial charge in [0.2, 0.25) is 0 Å². The maximum Gasteiger partial charge on any atom is 0.0648 e. The van der Waals surface area contributed by atoms with Crippen molar-refractivity contribution in [2.45, 2.75) is 37.4 Å². The van der Waals surface area contributed by atoms with E-state index in [0.29, 0.717) is 4.83 Å². The topological polar surface area (TPSA) is 17.8 Å². The maximum absolute atomic E-state index is 4.41. The average molecular weight is 307 g/mol. The molecule has 0 aliphatic heterocycles. The van der Waals surface area contributed by atoms with Crippen LogP contribution in [0.2, 0.25) is 0 Å². The van der Waals surface area contributed by atoms with Crippen molar-refractivity contribution in [2.24, 2.45) is 0 Å². The molecule has 1 atom stereocenters. The molecule has 0 bridgehead atoms. The number of rotatable bonds is 6. The van der Waals surface area contributed by atoms with Gasteiger partial charge in [0.15, 0.2) is 0 Å². The molecule has 0 N–H and O–H groups in total. The zero-order valence-electron chi connectivity index (χ0n) is 10.7. The van der Waals surface area contributed by atoms with E-state index in [4.69, 9.17) is 0 Å². The van der Waals surface area contributed by atoms with Crippen molar-refractivity contribution in [3.63, 3.8) is 0 Å². The summed E-state index contributed by atoms with van der Waals surface area (Å²) in [6.07, 6.45) is 6.57. The van der Waals surface area contributed by atoms with Gasteiger partial charge in [0.25, 0.3) is 0 Å². The number of para-hydroxylation sites is 1.